The van der Waals surface area contributed by atoms with Gasteiger partial charge < -0.3 is 5.32 Å². The van der Waals surface area contributed by atoms with Gasteiger partial charge in [0.1, 0.15) is 0 Å². The number of H-pyrrole nitrogens is 1. The zero-order valence-corrected chi connectivity index (χ0v) is 15.4. The smallest absolute Gasteiger partial charge is 0.276 e. The van der Waals surface area contributed by atoms with Crippen molar-refractivity contribution in [1.82, 2.24) is 14.8 Å². The van der Waals surface area contributed by atoms with Crippen LogP contribution in [0.1, 0.15) is 23.4 Å². The summed E-state index contributed by atoms with van der Waals surface area (Å²) in [6.45, 7) is 3.70. The van der Waals surface area contributed by atoms with Crippen LogP contribution >= 0.6 is 22.9 Å². The molecule has 2 heterocycles. The monoisotopic (exact) mass is 376 g/mol. The van der Waals surface area contributed by atoms with Crippen LogP contribution in [-0.2, 0) is 11.2 Å². The van der Waals surface area contributed by atoms with E-state index in [0.717, 1.165) is 11.4 Å². The van der Waals surface area contributed by atoms with Crippen molar-refractivity contribution in [2.24, 2.45) is 0 Å². The summed E-state index contributed by atoms with van der Waals surface area (Å²) in [5, 5.41) is 8.92. The van der Waals surface area contributed by atoms with Gasteiger partial charge in [-0.3, -0.25) is 14.7 Å². The van der Waals surface area contributed by atoms with Crippen molar-refractivity contribution >= 4 is 34.5 Å². The Kier molecular flexibility index (Phi) is 5.06. The van der Waals surface area contributed by atoms with E-state index >= 15 is 0 Å². The molecule has 130 valence electrons. The summed E-state index contributed by atoms with van der Waals surface area (Å²) < 4.78 is 1.43. The van der Waals surface area contributed by atoms with E-state index in [2.05, 4.69) is 15.4 Å². The van der Waals surface area contributed by atoms with E-state index in [-0.39, 0.29) is 17.9 Å². The number of aromatic nitrogens is 3. The van der Waals surface area contributed by atoms with Crippen LogP contribution in [-0.4, -0.2) is 20.7 Å². The van der Waals surface area contributed by atoms with E-state index in [9.17, 15) is 9.59 Å². The van der Waals surface area contributed by atoms with Gasteiger partial charge in [-0.2, -0.15) is 4.68 Å². The molecule has 1 aromatic carbocycles. The molecule has 0 saturated heterocycles. The van der Waals surface area contributed by atoms with Crippen LogP contribution in [0.25, 0.3) is 5.13 Å². The quantitative estimate of drug-likeness (QED) is 0.715. The maximum atomic E-state index is 12.6. The van der Waals surface area contributed by atoms with Gasteiger partial charge in [-0.1, -0.05) is 11.6 Å². The van der Waals surface area contributed by atoms with Crippen molar-refractivity contribution in [3.05, 3.63) is 62.0 Å². The molecule has 0 unspecified atom stereocenters. The number of nitrogens with one attached hydrogen (secondary N) is 2. The Balaban J connectivity index is 1.69. The lowest BCUT2D eigenvalue weighted by Gasteiger charge is -2.04. The van der Waals surface area contributed by atoms with Crippen LogP contribution in [0.15, 0.2) is 34.4 Å². The first-order valence-electron chi connectivity index (χ1n) is 7.72. The lowest BCUT2D eigenvalue weighted by atomic mass is 10.1. The van der Waals surface area contributed by atoms with Crippen molar-refractivity contribution in [2.75, 3.05) is 5.32 Å². The lowest BCUT2D eigenvalue weighted by molar-refractivity contribution is -0.116. The molecule has 0 spiro atoms. The van der Waals surface area contributed by atoms with Crippen LogP contribution in [0.2, 0.25) is 5.02 Å². The minimum Gasteiger partial charge on any atom is -0.326 e. The van der Waals surface area contributed by atoms with Gasteiger partial charge >= 0.3 is 0 Å². The van der Waals surface area contributed by atoms with Crippen molar-refractivity contribution in [2.45, 2.75) is 26.7 Å². The molecule has 0 atom stereocenters. The number of hydrogen-bond acceptors (Lipinski definition) is 4. The molecule has 3 rings (SSSR count). The zero-order valence-electron chi connectivity index (χ0n) is 13.8. The second kappa shape index (κ2) is 7.25. The van der Waals surface area contributed by atoms with E-state index in [1.54, 1.807) is 24.3 Å². The molecule has 0 saturated carbocycles. The second-order valence-corrected chi connectivity index (χ2v) is 6.96. The Morgan fingerprint density at radius 1 is 1.32 bits per heavy atom. The molecular weight excluding hydrogens is 360 g/mol. The fourth-order valence-corrected chi connectivity index (χ4v) is 3.34. The SMILES string of the molecule is Cc1csc(-n2[nH]c(C)c(CCC(=O)Nc3ccc(Cl)cc3)c2=O)n1. The number of rotatable bonds is 5. The molecule has 6 nitrogen and oxygen atoms in total. The molecule has 1 amide bonds. The van der Waals surface area contributed by atoms with Crippen LogP contribution in [0, 0.1) is 13.8 Å². The van der Waals surface area contributed by atoms with Crippen LogP contribution in [0.5, 0.6) is 0 Å². The number of thiazole rings is 1. The molecule has 0 aliphatic heterocycles. The van der Waals surface area contributed by atoms with Gasteiger partial charge in [0.2, 0.25) is 11.0 Å². The Bertz CT molecular complexity index is 956. The highest BCUT2D eigenvalue weighted by Crippen LogP contribution is 2.15. The number of carbonyl (C=O) groups is 1. The largest absolute Gasteiger partial charge is 0.326 e. The molecule has 0 aliphatic rings. The highest BCUT2D eigenvalue weighted by molar-refractivity contribution is 7.12. The third-order valence-corrected chi connectivity index (χ3v) is 4.92. The Morgan fingerprint density at radius 2 is 2.04 bits per heavy atom. The molecule has 25 heavy (non-hydrogen) atoms. The summed E-state index contributed by atoms with van der Waals surface area (Å²) in [7, 11) is 0. The molecule has 0 radical (unpaired) electrons. The number of carbonyl (C=O) groups excluding carboxylic acids is 1. The summed E-state index contributed by atoms with van der Waals surface area (Å²) in [4.78, 5) is 29.0. The molecule has 3 aromatic rings. The fraction of sp³-hybridized carbons (Fsp3) is 0.235. The number of nitrogens with zero attached hydrogens (tertiary/aromatic N) is 2. The molecular formula is C17H17ClN4O2S. The number of aryl methyl sites for hydroxylation is 2. The average molecular weight is 377 g/mol. The minimum atomic E-state index is -0.161. The summed E-state index contributed by atoms with van der Waals surface area (Å²) in [6.07, 6.45) is 0.575. The summed E-state index contributed by atoms with van der Waals surface area (Å²) in [5.41, 5.74) is 2.72. The molecule has 0 fully saturated rings. The molecule has 2 N–H and O–H groups in total. The lowest BCUT2D eigenvalue weighted by Crippen LogP contribution is -2.19. The predicted molar refractivity (Wildman–Crippen MR) is 99.9 cm³/mol. The summed E-state index contributed by atoms with van der Waals surface area (Å²) >= 11 is 7.22. The van der Waals surface area contributed by atoms with Crippen LogP contribution in [0.4, 0.5) is 5.69 Å². The summed E-state index contributed by atoms with van der Waals surface area (Å²) in [5.74, 6) is -0.154. The van der Waals surface area contributed by atoms with Crippen molar-refractivity contribution in [3.8, 4) is 5.13 Å². The van der Waals surface area contributed by atoms with E-state index in [1.807, 2.05) is 19.2 Å². The number of halogens is 1. The van der Waals surface area contributed by atoms with Gasteiger partial charge in [-0.05, 0) is 44.5 Å². The number of aromatic amines is 1. The van der Waals surface area contributed by atoms with E-state index in [0.29, 0.717) is 27.8 Å². The fourth-order valence-electron chi connectivity index (χ4n) is 2.45. The van der Waals surface area contributed by atoms with Gasteiger partial charge in [0.05, 0.1) is 5.69 Å². The highest BCUT2D eigenvalue weighted by atomic mass is 35.5. The number of hydrogen-bond donors (Lipinski definition) is 2. The zero-order chi connectivity index (χ0) is 18.0. The first-order chi connectivity index (χ1) is 11.9. The average Bonchev–Trinajstić information content (AvgIpc) is 3.11. The molecule has 2 aromatic heterocycles. The van der Waals surface area contributed by atoms with Gasteiger partial charge in [-0.25, -0.2) is 4.98 Å². The van der Waals surface area contributed by atoms with E-state index in [4.69, 9.17) is 11.6 Å². The minimum absolute atomic E-state index is 0.154. The third kappa shape index (κ3) is 4.00. The Labute approximate surface area is 153 Å². The summed E-state index contributed by atoms with van der Waals surface area (Å²) in [6, 6.07) is 6.89. The number of anilines is 1. The molecule has 0 aliphatic carbocycles. The topological polar surface area (TPSA) is 79.8 Å². The molecule has 8 heteroatoms. The normalized spacial score (nSPS) is 10.8. The first kappa shape index (κ1) is 17.4. The first-order valence-corrected chi connectivity index (χ1v) is 8.98. The van der Waals surface area contributed by atoms with Gasteiger partial charge in [-0.15, -0.1) is 11.3 Å². The van der Waals surface area contributed by atoms with E-state index in [1.165, 1.54) is 16.0 Å². The van der Waals surface area contributed by atoms with E-state index < -0.39 is 0 Å². The third-order valence-electron chi connectivity index (χ3n) is 3.72. The second-order valence-electron chi connectivity index (χ2n) is 5.68. The van der Waals surface area contributed by atoms with Crippen molar-refractivity contribution in [1.29, 1.82) is 0 Å². The highest BCUT2D eigenvalue weighted by Gasteiger charge is 2.15. The van der Waals surface area contributed by atoms with Crippen LogP contribution in [0.3, 0.4) is 0 Å². The predicted octanol–water partition coefficient (Wildman–Crippen LogP) is 3.46. The molecule has 0 bridgehead atoms. The number of amides is 1. The standard InChI is InChI=1S/C17H17ClN4O2S/c1-10-9-25-17(19-10)22-16(24)14(11(2)21-22)7-8-15(23)20-13-5-3-12(18)4-6-13/h3-6,9,21H,7-8H2,1-2H3,(H,20,23). The maximum absolute atomic E-state index is 12.6. The Hall–Kier alpha value is -2.38. The number of benzene rings is 1. The van der Waals surface area contributed by atoms with Gasteiger partial charge in [0.25, 0.3) is 5.56 Å². The van der Waals surface area contributed by atoms with Gasteiger partial charge in [0, 0.05) is 33.8 Å². The van der Waals surface area contributed by atoms with Crippen molar-refractivity contribution in [3.63, 3.8) is 0 Å². The van der Waals surface area contributed by atoms with Crippen LogP contribution < -0.4 is 10.9 Å². The Morgan fingerprint density at radius 3 is 2.68 bits per heavy atom. The van der Waals surface area contributed by atoms with Gasteiger partial charge in [0.15, 0.2) is 0 Å². The maximum Gasteiger partial charge on any atom is 0.276 e. The van der Waals surface area contributed by atoms with Crippen molar-refractivity contribution < 1.29 is 4.79 Å².